The number of aryl methyl sites for hydroxylation is 2. The predicted octanol–water partition coefficient (Wildman–Crippen LogP) is 6.43. The van der Waals surface area contributed by atoms with Crippen LogP contribution in [0.15, 0.2) is 91.5 Å². The summed E-state index contributed by atoms with van der Waals surface area (Å²) < 4.78 is 6.07. The maximum atomic E-state index is 12.4. The number of benzene rings is 4. The average molecular weight is 424 g/mol. The van der Waals surface area contributed by atoms with Gasteiger partial charge in [0, 0.05) is 10.9 Å². The van der Waals surface area contributed by atoms with Gasteiger partial charge in [-0.05, 0) is 34.9 Å². The molecular weight excluding hydrogens is 400 g/mol. The number of hydrogen-bond acceptors (Lipinski definition) is 3. The zero-order valence-corrected chi connectivity index (χ0v) is 17.6. The van der Waals surface area contributed by atoms with Gasteiger partial charge >= 0.3 is 5.97 Å². The summed E-state index contributed by atoms with van der Waals surface area (Å²) in [6, 6.07) is 27.1. The molecule has 0 aliphatic heterocycles. The number of rotatable bonds is 8. The molecule has 0 unspecified atom stereocenters. The molecule has 4 aromatic carbocycles. The second kappa shape index (κ2) is 9.40. The monoisotopic (exact) mass is 424 g/mol. The third kappa shape index (κ3) is 4.35. The van der Waals surface area contributed by atoms with E-state index in [2.05, 4.69) is 6.58 Å². The Hall–Kier alpha value is -4.05. The van der Waals surface area contributed by atoms with Crippen LogP contribution in [0.3, 0.4) is 0 Å². The van der Waals surface area contributed by atoms with Gasteiger partial charge in [-0.2, -0.15) is 0 Å². The number of hydrogen-bond donors (Lipinski definition) is 2. The first kappa shape index (κ1) is 21.2. The van der Waals surface area contributed by atoms with Gasteiger partial charge in [0.2, 0.25) is 0 Å². The van der Waals surface area contributed by atoms with Crippen LogP contribution in [-0.2, 0) is 19.4 Å². The minimum atomic E-state index is -1.16. The van der Waals surface area contributed by atoms with Crippen LogP contribution in [0.2, 0.25) is 0 Å². The highest BCUT2D eigenvalue weighted by molar-refractivity contribution is 6.06. The number of ether oxygens (including phenoxy) is 1. The third-order valence-corrected chi connectivity index (χ3v) is 5.51. The molecule has 0 aliphatic carbocycles. The van der Waals surface area contributed by atoms with Gasteiger partial charge in [-0.15, -0.1) is 0 Å². The fraction of sp³-hybridized carbons (Fsp3) is 0.107. The highest BCUT2D eigenvalue weighted by Gasteiger charge is 2.26. The molecule has 0 amide bonds. The van der Waals surface area contributed by atoms with Crippen LogP contribution in [-0.4, -0.2) is 16.2 Å². The summed E-state index contributed by atoms with van der Waals surface area (Å²) in [6.07, 6.45) is 1.26. The first-order valence-corrected chi connectivity index (χ1v) is 10.5. The van der Waals surface area contributed by atoms with E-state index in [-0.39, 0.29) is 29.2 Å². The Morgan fingerprint density at radius 1 is 0.719 bits per heavy atom. The molecule has 2 N–H and O–H groups in total. The van der Waals surface area contributed by atoms with E-state index in [1.807, 2.05) is 84.9 Å². The normalized spacial score (nSPS) is 10.8. The lowest BCUT2D eigenvalue weighted by Crippen LogP contribution is -2.11. The van der Waals surface area contributed by atoms with E-state index in [1.165, 1.54) is 0 Å². The SMILES string of the molecule is C=C(O)c1c(C(=O)O)c(OCc2ccccc2)c2ccccc2c1CCc1ccccc1. The first-order valence-electron chi connectivity index (χ1n) is 10.5. The van der Waals surface area contributed by atoms with Gasteiger partial charge in [-0.1, -0.05) is 91.5 Å². The molecule has 0 atom stereocenters. The van der Waals surface area contributed by atoms with Crippen LogP contribution in [0.1, 0.15) is 32.6 Å². The van der Waals surface area contributed by atoms with Crippen molar-refractivity contribution in [3.8, 4) is 5.75 Å². The summed E-state index contributed by atoms with van der Waals surface area (Å²) in [5, 5.41) is 22.2. The molecular formula is C28H24O4. The summed E-state index contributed by atoms with van der Waals surface area (Å²) in [5.41, 5.74) is 2.98. The molecule has 0 spiro atoms. The zero-order valence-electron chi connectivity index (χ0n) is 17.6. The molecule has 0 aromatic heterocycles. The number of fused-ring (bicyclic) bond motifs is 1. The fourth-order valence-electron chi connectivity index (χ4n) is 4.05. The van der Waals surface area contributed by atoms with Crippen LogP contribution >= 0.6 is 0 Å². The van der Waals surface area contributed by atoms with Crippen molar-refractivity contribution in [2.75, 3.05) is 0 Å². The molecule has 0 fully saturated rings. The second-order valence-electron chi connectivity index (χ2n) is 7.61. The standard InChI is InChI=1S/C28H24O4/c1-19(29)25-23(17-16-20-10-4-2-5-11-20)22-14-8-9-15-24(22)27(26(25)28(30)31)32-18-21-12-6-3-7-13-21/h2-15,29H,1,16-18H2,(H,30,31). The highest BCUT2D eigenvalue weighted by Crippen LogP contribution is 2.39. The molecule has 0 saturated carbocycles. The number of aromatic carboxylic acids is 1. The molecule has 0 bridgehead atoms. The zero-order chi connectivity index (χ0) is 22.5. The van der Waals surface area contributed by atoms with Crippen molar-refractivity contribution in [2.24, 2.45) is 0 Å². The maximum Gasteiger partial charge on any atom is 0.340 e. The first-order chi connectivity index (χ1) is 15.6. The van der Waals surface area contributed by atoms with E-state index in [0.29, 0.717) is 18.2 Å². The lowest BCUT2D eigenvalue weighted by molar-refractivity contribution is 0.0691. The Labute approximate surface area is 187 Å². The van der Waals surface area contributed by atoms with Crippen molar-refractivity contribution < 1.29 is 19.7 Å². The molecule has 32 heavy (non-hydrogen) atoms. The molecule has 160 valence electrons. The van der Waals surface area contributed by atoms with Crippen LogP contribution in [0.4, 0.5) is 0 Å². The van der Waals surface area contributed by atoms with E-state index in [4.69, 9.17) is 4.74 Å². The average Bonchev–Trinajstić information content (AvgIpc) is 2.82. The number of aliphatic hydroxyl groups is 1. The Morgan fingerprint density at radius 2 is 1.28 bits per heavy atom. The molecule has 4 nitrogen and oxygen atoms in total. The van der Waals surface area contributed by atoms with Crippen LogP contribution < -0.4 is 4.74 Å². The van der Waals surface area contributed by atoms with Crippen LogP contribution in [0.25, 0.3) is 16.5 Å². The summed E-state index contributed by atoms with van der Waals surface area (Å²) >= 11 is 0. The van der Waals surface area contributed by atoms with E-state index >= 15 is 0 Å². The van der Waals surface area contributed by atoms with Crippen LogP contribution in [0, 0.1) is 0 Å². The summed E-state index contributed by atoms with van der Waals surface area (Å²) in [6.45, 7) is 3.90. The third-order valence-electron chi connectivity index (χ3n) is 5.51. The van der Waals surface area contributed by atoms with Crippen molar-refractivity contribution >= 4 is 22.5 Å². The summed E-state index contributed by atoms with van der Waals surface area (Å²) in [7, 11) is 0. The van der Waals surface area contributed by atoms with Gasteiger partial charge in [0.1, 0.15) is 23.7 Å². The summed E-state index contributed by atoms with van der Waals surface area (Å²) in [4.78, 5) is 12.4. The molecule has 0 heterocycles. The van der Waals surface area contributed by atoms with Gasteiger partial charge in [0.05, 0.1) is 0 Å². The molecule has 0 saturated heterocycles. The second-order valence-corrected chi connectivity index (χ2v) is 7.61. The van der Waals surface area contributed by atoms with Gasteiger partial charge in [-0.3, -0.25) is 0 Å². The molecule has 0 radical (unpaired) electrons. The molecule has 0 aliphatic rings. The molecule has 4 heteroatoms. The number of carboxylic acid groups (broad SMARTS) is 1. The predicted molar refractivity (Wildman–Crippen MR) is 127 cm³/mol. The Morgan fingerprint density at radius 3 is 1.88 bits per heavy atom. The van der Waals surface area contributed by atoms with Gasteiger partial charge in [0.15, 0.2) is 0 Å². The lowest BCUT2D eigenvalue weighted by Gasteiger charge is -2.20. The van der Waals surface area contributed by atoms with E-state index in [0.717, 1.165) is 22.1 Å². The smallest absolute Gasteiger partial charge is 0.340 e. The summed E-state index contributed by atoms with van der Waals surface area (Å²) in [5.74, 6) is -1.20. The van der Waals surface area contributed by atoms with Gasteiger partial charge in [0.25, 0.3) is 0 Å². The minimum absolute atomic E-state index is 0.0600. The number of carbonyl (C=O) groups is 1. The van der Waals surface area contributed by atoms with Crippen molar-refractivity contribution in [1.29, 1.82) is 0 Å². The topological polar surface area (TPSA) is 66.8 Å². The number of aliphatic hydroxyl groups excluding tert-OH is 1. The highest BCUT2D eigenvalue weighted by atomic mass is 16.5. The Kier molecular flexibility index (Phi) is 6.22. The van der Waals surface area contributed by atoms with Crippen molar-refractivity contribution in [2.45, 2.75) is 19.4 Å². The number of carboxylic acids is 1. The quantitative estimate of drug-likeness (QED) is 0.320. The molecule has 4 rings (SSSR count). The Bertz CT molecular complexity index is 1160. The fourth-order valence-corrected chi connectivity index (χ4v) is 4.05. The van der Waals surface area contributed by atoms with Crippen molar-refractivity contribution in [3.05, 3.63) is 119 Å². The molecule has 4 aromatic rings. The maximum absolute atomic E-state index is 12.4. The van der Waals surface area contributed by atoms with Gasteiger partial charge < -0.3 is 14.9 Å². The van der Waals surface area contributed by atoms with E-state index in [1.54, 1.807) is 0 Å². The Balaban J connectivity index is 1.87. The largest absolute Gasteiger partial charge is 0.508 e. The van der Waals surface area contributed by atoms with Crippen LogP contribution in [0.5, 0.6) is 5.75 Å². The van der Waals surface area contributed by atoms with E-state index < -0.39 is 5.97 Å². The van der Waals surface area contributed by atoms with Crippen molar-refractivity contribution in [1.82, 2.24) is 0 Å². The van der Waals surface area contributed by atoms with Crippen molar-refractivity contribution in [3.63, 3.8) is 0 Å². The van der Waals surface area contributed by atoms with Gasteiger partial charge in [-0.25, -0.2) is 4.79 Å². The lowest BCUT2D eigenvalue weighted by atomic mass is 9.88. The van der Waals surface area contributed by atoms with E-state index in [9.17, 15) is 15.0 Å². The minimum Gasteiger partial charge on any atom is -0.508 e.